The molecule has 0 radical (unpaired) electrons. The first-order chi connectivity index (χ1) is 14.1. The van der Waals surface area contributed by atoms with E-state index in [0.29, 0.717) is 35.7 Å². The monoisotopic (exact) mass is 410 g/mol. The van der Waals surface area contributed by atoms with Crippen molar-refractivity contribution in [3.63, 3.8) is 0 Å². The van der Waals surface area contributed by atoms with E-state index in [0.717, 1.165) is 0 Å². The first kappa shape index (κ1) is 20.1. The molecule has 2 aliphatic rings. The zero-order chi connectivity index (χ0) is 21.7. The molecule has 8 heteroatoms. The first-order valence-corrected chi connectivity index (χ1v) is 10.1. The predicted molar refractivity (Wildman–Crippen MR) is 111 cm³/mol. The average molecular weight is 410 g/mol. The van der Waals surface area contributed by atoms with Crippen molar-refractivity contribution < 1.29 is 18.9 Å². The topological polar surface area (TPSA) is 95.8 Å². The molecule has 0 saturated carbocycles. The minimum absolute atomic E-state index is 0.00999. The lowest BCUT2D eigenvalue weighted by Crippen LogP contribution is -2.62. The smallest absolute Gasteiger partial charge is 0.257 e. The molecule has 1 fully saturated rings. The van der Waals surface area contributed by atoms with E-state index < -0.39 is 5.66 Å². The molecule has 1 saturated heterocycles. The highest BCUT2D eigenvalue weighted by Gasteiger charge is 2.52. The Morgan fingerprint density at radius 3 is 2.70 bits per heavy atom. The lowest BCUT2D eigenvalue weighted by atomic mass is 9.93. The third kappa shape index (κ3) is 3.26. The van der Waals surface area contributed by atoms with E-state index in [-0.39, 0.29) is 36.1 Å². The van der Waals surface area contributed by atoms with E-state index in [2.05, 4.69) is 10.5 Å². The molecule has 4 rings (SSSR count). The maximum Gasteiger partial charge on any atom is 0.257 e. The summed E-state index contributed by atoms with van der Waals surface area (Å²) in [5.74, 6) is 0.583. The second-order valence-electron chi connectivity index (χ2n) is 9.04. The molecule has 1 N–H and O–H groups in total. The Labute approximate surface area is 175 Å². The van der Waals surface area contributed by atoms with Gasteiger partial charge in [-0.1, -0.05) is 38.1 Å². The fourth-order valence-electron chi connectivity index (χ4n) is 4.15. The molecule has 3 heterocycles. The van der Waals surface area contributed by atoms with Crippen LogP contribution in [-0.4, -0.2) is 40.0 Å². The van der Waals surface area contributed by atoms with Crippen molar-refractivity contribution >= 4 is 29.2 Å². The molecular weight excluding hydrogens is 384 g/mol. The maximum atomic E-state index is 13.2. The molecule has 0 aliphatic carbocycles. The van der Waals surface area contributed by atoms with Gasteiger partial charge in [-0.05, 0) is 25.5 Å². The van der Waals surface area contributed by atoms with Gasteiger partial charge in [0.2, 0.25) is 11.8 Å². The van der Waals surface area contributed by atoms with Crippen molar-refractivity contribution in [2.45, 2.75) is 58.0 Å². The van der Waals surface area contributed by atoms with Gasteiger partial charge < -0.3 is 14.7 Å². The zero-order valence-corrected chi connectivity index (χ0v) is 17.7. The average Bonchev–Trinajstić information content (AvgIpc) is 3.26. The Morgan fingerprint density at radius 2 is 2.00 bits per heavy atom. The van der Waals surface area contributed by atoms with Crippen LogP contribution in [-0.2, 0) is 15.0 Å². The van der Waals surface area contributed by atoms with E-state index in [1.165, 1.54) is 0 Å². The summed E-state index contributed by atoms with van der Waals surface area (Å²) in [6.45, 7) is 8.07. The summed E-state index contributed by atoms with van der Waals surface area (Å²) in [7, 11) is 0. The Morgan fingerprint density at radius 1 is 1.27 bits per heavy atom. The number of fused-ring (bicyclic) bond motifs is 3. The predicted octanol–water partition coefficient (Wildman–Crippen LogP) is 3.30. The van der Waals surface area contributed by atoms with Gasteiger partial charge in [0.05, 0.1) is 11.3 Å². The Kier molecular flexibility index (Phi) is 4.67. The highest BCUT2D eigenvalue weighted by molar-refractivity contribution is 6.10. The van der Waals surface area contributed by atoms with E-state index in [1.54, 1.807) is 34.1 Å². The SMILES string of the molecule is CC(C)(C)c1cc(NC(=O)CCN2C(=O)c3ccccc3N3C(=O)CCC23C)no1. The van der Waals surface area contributed by atoms with Crippen LogP contribution in [0.25, 0.3) is 0 Å². The fourth-order valence-corrected chi connectivity index (χ4v) is 4.15. The maximum absolute atomic E-state index is 13.2. The normalized spacial score (nSPS) is 20.9. The van der Waals surface area contributed by atoms with Crippen LogP contribution in [0.15, 0.2) is 34.9 Å². The number of amides is 3. The molecule has 0 bridgehead atoms. The standard InChI is InChI=1S/C22H26N4O4/c1-21(2,3)16-13-17(24-30-16)23-18(27)10-12-25-20(29)14-7-5-6-8-15(14)26-19(28)9-11-22(25,26)4/h5-8,13H,9-12H2,1-4H3,(H,23,24,27). The van der Waals surface area contributed by atoms with Crippen molar-refractivity contribution in [2.75, 3.05) is 16.8 Å². The van der Waals surface area contributed by atoms with Crippen molar-refractivity contribution in [3.05, 3.63) is 41.7 Å². The van der Waals surface area contributed by atoms with Crippen LogP contribution in [0.5, 0.6) is 0 Å². The highest BCUT2D eigenvalue weighted by Crippen LogP contribution is 2.43. The molecular formula is C22H26N4O4. The minimum Gasteiger partial charge on any atom is -0.359 e. The van der Waals surface area contributed by atoms with Gasteiger partial charge in [-0.25, -0.2) is 0 Å². The van der Waals surface area contributed by atoms with Crippen molar-refractivity contribution in [1.29, 1.82) is 0 Å². The largest absolute Gasteiger partial charge is 0.359 e. The van der Waals surface area contributed by atoms with Crippen molar-refractivity contribution in [2.24, 2.45) is 0 Å². The van der Waals surface area contributed by atoms with E-state index in [4.69, 9.17) is 4.52 Å². The number of benzene rings is 1. The molecule has 2 aromatic rings. The molecule has 2 aliphatic heterocycles. The number of carbonyl (C=O) groups is 3. The summed E-state index contributed by atoms with van der Waals surface area (Å²) in [6.07, 6.45) is 0.990. The van der Waals surface area contributed by atoms with Gasteiger partial charge in [0, 0.05) is 30.9 Å². The van der Waals surface area contributed by atoms with Crippen LogP contribution in [0.2, 0.25) is 0 Å². The third-order valence-corrected chi connectivity index (χ3v) is 5.82. The molecule has 30 heavy (non-hydrogen) atoms. The number of hydrogen-bond donors (Lipinski definition) is 1. The summed E-state index contributed by atoms with van der Waals surface area (Å²) < 4.78 is 5.29. The van der Waals surface area contributed by atoms with E-state index in [9.17, 15) is 14.4 Å². The first-order valence-electron chi connectivity index (χ1n) is 10.1. The Balaban J connectivity index is 1.50. The third-order valence-electron chi connectivity index (χ3n) is 5.82. The van der Waals surface area contributed by atoms with Crippen molar-refractivity contribution in [1.82, 2.24) is 10.1 Å². The number of hydrogen-bond acceptors (Lipinski definition) is 5. The van der Waals surface area contributed by atoms with Gasteiger partial charge in [-0.15, -0.1) is 0 Å². The number of aromatic nitrogens is 1. The highest BCUT2D eigenvalue weighted by atomic mass is 16.5. The van der Waals surface area contributed by atoms with Gasteiger partial charge in [0.15, 0.2) is 5.82 Å². The minimum atomic E-state index is -0.768. The van der Waals surface area contributed by atoms with Crippen LogP contribution >= 0.6 is 0 Å². The van der Waals surface area contributed by atoms with E-state index >= 15 is 0 Å². The van der Waals surface area contributed by atoms with Crippen molar-refractivity contribution in [3.8, 4) is 0 Å². The second kappa shape index (κ2) is 6.97. The van der Waals surface area contributed by atoms with Crippen LogP contribution in [0.1, 0.15) is 63.1 Å². The molecule has 8 nitrogen and oxygen atoms in total. The van der Waals surface area contributed by atoms with Gasteiger partial charge in [0.25, 0.3) is 5.91 Å². The number of nitrogens with one attached hydrogen (secondary N) is 1. The van der Waals surface area contributed by atoms with Crippen LogP contribution in [0.3, 0.4) is 0 Å². The Hall–Kier alpha value is -3.16. The van der Waals surface area contributed by atoms with Crippen LogP contribution < -0.4 is 10.2 Å². The van der Waals surface area contributed by atoms with E-state index in [1.807, 2.05) is 33.8 Å². The number of para-hydroxylation sites is 1. The number of rotatable bonds is 4. The molecule has 3 amide bonds. The van der Waals surface area contributed by atoms with Gasteiger partial charge in [-0.3, -0.25) is 19.3 Å². The van der Waals surface area contributed by atoms with Gasteiger partial charge in [-0.2, -0.15) is 0 Å². The van der Waals surface area contributed by atoms with Gasteiger partial charge >= 0.3 is 0 Å². The molecule has 1 atom stereocenters. The lowest BCUT2D eigenvalue weighted by molar-refractivity contribution is -0.117. The Bertz CT molecular complexity index is 1020. The quantitative estimate of drug-likeness (QED) is 0.834. The summed E-state index contributed by atoms with van der Waals surface area (Å²) in [4.78, 5) is 41.6. The number of nitrogens with zero attached hydrogens (tertiary/aromatic N) is 3. The summed E-state index contributed by atoms with van der Waals surface area (Å²) in [5, 5.41) is 6.63. The molecule has 158 valence electrons. The summed E-state index contributed by atoms with van der Waals surface area (Å²) in [5.41, 5.74) is 0.148. The zero-order valence-electron chi connectivity index (χ0n) is 17.7. The number of anilines is 2. The van der Waals surface area contributed by atoms with Gasteiger partial charge in [0.1, 0.15) is 11.4 Å². The van der Waals surface area contributed by atoms with Crippen LogP contribution in [0.4, 0.5) is 11.5 Å². The summed E-state index contributed by atoms with van der Waals surface area (Å²) in [6, 6.07) is 8.83. The van der Waals surface area contributed by atoms with Crippen LogP contribution in [0, 0.1) is 0 Å². The lowest BCUT2D eigenvalue weighted by Gasteiger charge is -2.48. The molecule has 1 aromatic carbocycles. The summed E-state index contributed by atoms with van der Waals surface area (Å²) >= 11 is 0. The molecule has 1 unspecified atom stereocenters. The fraction of sp³-hybridized carbons (Fsp3) is 0.455. The number of carbonyl (C=O) groups excluding carboxylic acids is 3. The molecule has 0 spiro atoms. The second-order valence-corrected chi connectivity index (χ2v) is 9.04. The molecule has 1 aromatic heterocycles.